The highest BCUT2D eigenvalue weighted by Gasteiger charge is 2.07. The largest absolute Gasteiger partial charge is 0.365 e. The predicted molar refractivity (Wildman–Crippen MR) is 98.4 cm³/mol. The van der Waals surface area contributed by atoms with Crippen LogP contribution >= 0.6 is 15.9 Å². The van der Waals surface area contributed by atoms with Crippen LogP contribution in [-0.4, -0.2) is 29.0 Å². The van der Waals surface area contributed by atoms with Crippen LogP contribution in [0.4, 0.5) is 10.2 Å². The second-order valence-corrected chi connectivity index (χ2v) is 6.82. The van der Waals surface area contributed by atoms with Crippen molar-refractivity contribution in [2.24, 2.45) is 0 Å². The SMILES string of the molecule is CN(C)Cc1ccc(CNc2ncnc3ccc(Br)cc23)cc1F. The molecule has 0 saturated heterocycles. The van der Waals surface area contributed by atoms with Crippen LogP contribution in [0.2, 0.25) is 0 Å². The van der Waals surface area contributed by atoms with Gasteiger partial charge in [-0.1, -0.05) is 28.1 Å². The highest BCUT2D eigenvalue weighted by atomic mass is 79.9. The molecule has 0 bridgehead atoms. The van der Waals surface area contributed by atoms with Gasteiger partial charge in [0.05, 0.1) is 5.52 Å². The molecule has 0 aliphatic carbocycles. The van der Waals surface area contributed by atoms with E-state index >= 15 is 0 Å². The third-order valence-electron chi connectivity index (χ3n) is 3.66. The molecule has 0 saturated carbocycles. The molecule has 0 aliphatic rings. The molecule has 1 heterocycles. The average molecular weight is 389 g/mol. The molecule has 0 atom stereocenters. The second-order valence-electron chi connectivity index (χ2n) is 5.90. The van der Waals surface area contributed by atoms with Crippen LogP contribution in [0.15, 0.2) is 47.2 Å². The maximum atomic E-state index is 14.2. The summed E-state index contributed by atoms with van der Waals surface area (Å²) in [6.45, 7) is 1.09. The standard InChI is InChI=1S/C18H18BrFN4/c1-24(2)10-13-4-3-12(7-16(13)20)9-21-18-15-8-14(19)5-6-17(15)22-11-23-18/h3-8,11H,9-10H2,1-2H3,(H,21,22,23). The normalized spacial score (nSPS) is 11.2. The highest BCUT2D eigenvalue weighted by molar-refractivity contribution is 9.10. The summed E-state index contributed by atoms with van der Waals surface area (Å²) in [5, 5.41) is 4.20. The first-order valence-electron chi connectivity index (χ1n) is 7.59. The van der Waals surface area contributed by atoms with Gasteiger partial charge in [0, 0.05) is 28.5 Å². The summed E-state index contributed by atoms with van der Waals surface area (Å²) >= 11 is 3.46. The Kier molecular flexibility index (Phi) is 5.06. The Bertz CT molecular complexity index is 867. The van der Waals surface area contributed by atoms with Gasteiger partial charge in [-0.2, -0.15) is 0 Å². The van der Waals surface area contributed by atoms with Crippen LogP contribution < -0.4 is 5.32 Å². The van der Waals surface area contributed by atoms with E-state index in [1.807, 2.05) is 49.3 Å². The van der Waals surface area contributed by atoms with Crippen molar-refractivity contribution in [3.05, 3.63) is 64.1 Å². The number of benzene rings is 2. The number of aromatic nitrogens is 2. The second kappa shape index (κ2) is 7.23. The molecule has 3 aromatic rings. The van der Waals surface area contributed by atoms with E-state index in [2.05, 4.69) is 31.2 Å². The van der Waals surface area contributed by atoms with Crippen LogP contribution in [0.25, 0.3) is 10.9 Å². The lowest BCUT2D eigenvalue weighted by atomic mass is 10.1. The summed E-state index contributed by atoms with van der Waals surface area (Å²) in [6, 6.07) is 11.2. The van der Waals surface area contributed by atoms with Gasteiger partial charge in [-0.25, -0.2) is 14.4 Å². The van der Waals surface area contributed by atoms with E-state index in [1.165, 1.54) is 6.33 Å². The van der Waals surface area contributed by atoms with E-state index in [9.17, 15) is 4.39 Å². The molecule has 6 heteroatoms. The molecule has 4 nitrogen and oxygen atoms in total. The highest BCUT2D eigenvalue weighted by Crippen LogP contribution is 2.24. The summed E-state index contributed by atoms with van der Waals surface area (Å²) in [4.78, 5) is 10.5. The van der Waals surface area contributed by atoms with Crippen molar-refractivity contribution < 1.29 is 4.39 Å². The summed E-state index contributed by atoms with van der Waals surface area (Å²) in [5.74, 6) is 0.553. The number of hydrogen-bond acceptors (Lipinski definition) is 4. The van der Waals surface area contributed by atoms with Crippen molar-refractivity contribution in [3.63, 3.8) is 0 Å². The molecule has 0 fully saturated rings. The maximum absolute atomic E-state index is 14.2. The zero-order valence-corrected chi connectivity index (χ0v) is 15.1. The van der Waals surface area contributed by atoms with Crippen molar-refractivity contribution in [1.82, 2.24) is 14.9 Å². The predicted octanol–water partition coefficient (Wildman–Crippen LogP) is 4.21. The molecule has 0 radical (unpaired) electrons. The number of hydrogen-bond donors (Lipinski definition) is 1. The molecule has 1 N–H and O–H groups in total. The van der Waals surface area contributed by atoms with Crippen molar-refractivity contribution in [3.8, 4) is 0 Å². The first-order valence-corrected chi connectivity index (χ1v) is 8.38. The van der Waals surface area contributed by atoms with Crippen molar-refractivity contribution >= 4 is 32.7 Å². The van der Waals surface area contributed by atoms with E-state index in [-0.39, 0.29) is 5.82 Å². The summed E-state index contributed by atoms with van der Waals surface area (Å²) in [5.41, 5.74) is 2.43. The molecule has 0 spiro atoms. The zero-order chi connectivity index (χ0) is 17.1. The van der Waals surface area contributed by atoms with Gasteiger partial charge in [0.15, 0.2) is 0 Å². The van der Waals surface area contributed by atoms with Gasteiger partial charge >= 0.3 is 0 Å². The number of anilines is 1. The number of halogens is 2. The van der Waals surface area contributed by atoms with Gasteiger partial charge in [0.2, 0.25) is 0 Å². The van der Waals surface area contributed by atoms with E-state index in [0.717, 1.165) is 26.8 Å². The van der Waals surface area contributed by atoms with Gasteiger partial charge < -0.3 is 10.2 Å². The molecule has 0 amide bonds. The van der Waals surface area contributed by atoms with Crippen molar-refractivity contribution in [2.75, 3.05) is 19.4 Å². The zero-order valence-electron chi connectivity index (χ0n) is 13.6. The van der Waals surface area contributed by atoms with Crippen LogP contribution in [0, 0.1) is 5.82 Å². The minimum atomic E-state index is -0.182. The number of nitrogens with one attached hydrogen (secondary N) is 1. The number of rotatable bonds is 5. The molecular weight excluding hydrogens is 371 g/mol. The number of nitrogens with zero attached hydrogens (tertiary/aromatic N) is 3. The van der Waals surface area contributed by atoms with Gasteiger partial charge in [0.25, 0.3) is 0 Å². The van der Waals surface area contributed by atoms with Gasteiger partial charge in [-0.15, -0.1) is 0 Å². The summed E-state index contributed by atoms with van der Waals surface area (Å²) < 4.78 is 15.1. The minimum absolute atomic E-state index is 0.182. The third kappa shape index (κ3) is 3.88. The van der Waals surface area contributed by atoms with Crippen LogP contribution in [0.3, 0.4) is 0 Å². The van der Waals surface area contributed by atoms with Gasteiger partial charge in [-0.05, 0) is 43.9 Å². The first kappa shape index (κ1) is 16.8. The monoisotopic (exact) mass is 388 g/mol. The Morgan fingerprint density at radius 1 is 1.12 bits per heavy atom. The molecule has 3 rings (SSSR count). The fourth-order valence-electron chi connectivity index (χ4n) is 2.53. The molecular formula is C18H18BrFN4. The topological polar surface area (TPSA) is 41.0 Å². The van der Waals surface area contributed by atoms with Crippen LogP contribution in [0.5, 0.6) is 0 Å². The lowest BCUT2D eigenvalue weighted by molar-refractivity contribution is 0.392. The average Bonchev–Trinajstić information content (AvgIpc) is 2.55. The Balaban J connectivity index is 1.79. The number of fused-ring (bicyclic) bond motifs is 1. The van der Waals surface area contributed by atoms with Crippen LogP contribution in [-0.2, 0) is 13.1 Å². The fraction of sp³-hybridized carbons (Fsp3) is 0.222. The summed E-state index contributed by atoms with van der Waals surface area (Å²) in [6.07, 6.45) is 1.53. The van der Waals surface area contributed by atoms with E-state index in [1.54, 1.807) is 6.07 Å². The Hall–Kier alpha value is -2.05. The molecule has 1 aromatic heterocycles. The fourth-order valence-corrected chi connectivity index (χ4v) is 2.89. The molecule has 124 valence electrons. The molecule has 0 unspecified atom stereocenters. The Morgan fingerprint density at radius 3 is 2.71 bits per heavy atom. The molecule has 2 aromatic carbocycles. The van der Waals surface area contributed by atoms with Crippen LogP contribution in [0.1, 0.15) is 11.1 Å². The van der Waals surface area contributed by atoms with E-state index in [4.69, 9.17) is 0 Å². The third-order valence-corrected chi connectivity index (χ3v) is 4.15. The maximum Gasteiger partial charge on any atom is 0.137 e. The smallest absolute Gasteiger partial charge is 0.137 e. The van der Waals surface area contributed by atoms with Crippen molar-refractivity contribution in [1.29, 1.82) is 0 Å². The van der Waals surface area contributed by atoms with E-state index in [0.29, 0.717) is 18.7 Å². The van der Waals surface area contributed by atoms with Crippen molar-refractivity contribution in [2.45, 2.75) is 13.1 Å². The van der Waals surface area contributed by atoms with Gasteiger partial charge in [0.1, 0.15) is 18.0 Å². The quantitative estimate of drug-likeness (QED) is 0.710. The van der Waals surface area contributed by atoms with Gasteiger partial charge in [-0.3, -0.25) is 0 Å². The summed E-state index contributed by atoms with van der Waals surface area (Å²) in [7, 11) is 3.85. The lowest BCUT2D eigenvalue weighted by Crippen LogP contribution is -2.12. The molecule has 24 heavy (non-hydrogen) atoms. The minimum Gasteiger partial charge on any atom is -0.365 e. The Labute approximate surface area is 148 Å². The molecule has 0 aliphatic heterocycles. The lowest BCUT2D eigenvalue weighted by Gasteiger charge is -2.12. The first-order chi connectivity index (χ1) is 11.5. The van der Waals surface area contributed by atoms with E-state index < -0.39 is 0 Å². The Morgan fingerprint density at radius 2 is 1.96 bits per heavy atom.